The van der Waals surface area contributed by atoms with Gasteiger partial charge in [-0.25, -0.2) is 0 Å². The quantitative estimate of drug-likeness (QED) is 0.173. The fraction of sp³-hybridized carbons (Fsp3) is 0.0204. The Morgan fingerprint density at radius 3 is 1.78 bits per heavy atom. The van der Waals surface area contributed by atoms with Crippen LogP contribution in [0.1, 0.15) is 29.1 Å². The molecule has 0 spiro atoms. The first kappa shape index (κ1) is 24.5. The predicted molar refractivity (Wildman–Crippen MR) is 213 cm³/mol. The maximum atomic E-state index is 9.53. The summed E-state index contributed by atoms with van der Waals surface area (Å²) in [6, 6.07) is 58.4. The maximum Gasteiger partial charge on any atom is 0.0714 e. The summed E-state index contributed by atoms with van der Waals surface area (Å²) >= 11 is 0. The largest absolute Gasteiger partial charge is 0.310 e. The first-order valence-electron chi connectivity index (χ1n) is 19.7. The summed E-state index contributed by atoms with van der Waals surface area (Å²) < 4.78 is 47.8. The second-order valence-electron chi connectivity index (χ2n) is 13.0. The highest BCUT2D eigenvalue weighted by Gasteiger charge is 2.46. The number of benzene rings is 8. The molecule has 8 aromatic carbocycles. The molecular weight excluding hydrogens is 617 g/mol. The van der Waals surface area contributed by atoms with Crippen molar-refractivity contribution < 1.29 is 6.85 Å². The molecule has 0 saturated carbocycles. The number of hydrogen-bond donors (Lipinski definition) is 0. The van der Waals surface area contributed by atoms with E-state index in [0.29, 0.717) is 0 Å². The topological polar surface area (TPSA) is 8.17 Å². The molecule has 51 heavy (non-hydrogen) atoms. The second kappa shape index (κ2) is 11.8. The number of aromatic nitrogens is 1. The summed E-state index contributed by atoms with van der Waals surface area (Å²) in [6.45, 7) is 0. The molecule has 240 valence electrons. The molecule has 0 N–H and O–H groups in total. The van der Waals surface area contributed by atoms with Crippen LogP contribution in [0.4, 0.5) is 17.1 Å². The molecule has 1 aromatic heterocycles. The number of fused-ring (bicyclic) bond motifs is 6. The molecule has 1 atom stereocenters. The van der Waals surface area contributed by atoms with Crippen molar-refractivity contribution in [2.45, 2.75) is 5.41 Å². The van der Waals surface area contributed by atoms with Crippen LogP contribution in [0.2, 0.25) is 0 Å². The lowest BCUT2D eigenvalue weighted by Gasteiger charge is -2.34. The fourth-order valence-corrected chi connectivity index (χ4v) is 8.23. The minimum atomic E-state index is -1.27. The summed E-state index contributed by atoms with van der Waals surface area (Å²) in [6.07, 6.45) is 0. The Bertz CT molecular complexity index is 2910. The first-order valence-corrected chi connectivity index (χ1v) is 17.2. The van der Waals surface area contributed by atoms with Crippen LogP contribution >= 0.6 is 0 Å². The highest BCUT2D eigenvalue weighted by Crippen LogP contribution is 2.57. The van der Waals surface area contributed by atoms with Crippen molar-refractivity contribution in [3.05, 3.63) is 228 Å². The minimum absolute atomic E-state index is 0.221. The average molecular weight is 656 g/mol. The molecule has 1 aliphatic carbocycles. The standard InChI is InChI=1S/C49H34N2/c1-5-17-35(18-6-1)49(36-29-31-43-42-26-14-16-28-47(42)51(48(43)33-36)39-23-11-4-12-24-39)45-27-15-13-25-41(45)44-34-40(30-32-46(44)49)50(37-19-7-2-8-20-37)38-21-9-3-10-22-38/h1-34H/i1D,5D,6D,17D,18D. The monoisotopic (exact) mass is 655 g/mol. The van der Waals surface area contributed by atoms with Crippen LogP contribution in [-0.2, 0) is 5.41 Å². The summed E-state index contributed by atoms with van der Waals surface area (Å²) in [5.74, 6) is 0. The molecular formula is C49H34N2. The highest BCUT2D eigenvalue weighted by molar-refractivity contribution is 6.09. The van der Waals surface area contributed by atoms with E-state index >= 15 is 0 Å². The zero-order valence-electron chi connectivity index (χ0n) is 32.6. The lowest BCUT2D eigenvalue weighted by molar-refractivity contribution is 0.769. The summed E-state index contributed by atoms with van der Waals surface area (Å²) in [4.78, 5) is 2.22. The van der Waals surface area contributed by atoms with Gasteiger partial charge in [-0.3, -0.25) is 0 Å². The van der Waals surface area contributed by atoms with E-state index in [4.69, 9.17) is 4.11 Å². The van der Waals surface area contributed by atoms with Gasteiger partial charge < -0.3 is 9.47 Å². The van der Waals surface area contributed by atoms with Gasteiger partial charge in [-0.1, -0.05) is 145 Å². The minimum Gasteiger partial charge on any atom is -0.310 e. The summed E-state index contributed by atoms with van der Waals surface area (Å²) in [7, 11) is 0. The van der Waals surface area contributed by atoms with Crippen LogP contribution in [0.15, 0.2) is 206 Å². The normalized spacial score (nSPS) is 16.1. The van der Waals surface area contributed by atoms with Gasteiger partial charge in [0.1, 0.15) is 0 Å². The number of hydrogen-bond acceptors (Lipinski definition) is 1. The van der Waals surface area contributed by atoms with Gasteiger partial charge in [-0.15, -0.1) is 0 Å². The van der Waals surface area contributed by atoms with Gasteiger partial charge in [0.2, 0.25) is 0 Å². The SMILES string of the molecule is [2H]c1c([2H])c([2H])c(C2(c3ccc4c5ccccc5n(-c5ccccc5)c4c3)c3ccccc3-c3cc(N(c4ccccc4)c4ccccc4)ccc32)c([2H])c1[2H]. The maximum absolute atomic E-state index is 9.53. The molecule has 0 fully saturated rings. The van der Waals surface area contributed by atoms with E-state index in [1.807, 2.05) is 72.8 Å². The van der Waals surface area contributed by atoms with Crippen molar-refractivity contribution in [1.29, 1.82) is 0 Å². The van der Waals surface area contributed by atoms with E-state index in [1.165, 1.54) is 0 Å². The van der Waals surface area contributed by atoms with Gasteiger partial charge in [-0.2, -0.15) is 0 Å². The smallest absolute Gasteiger partial charge is 0.0714 e. The molecule has 0 saturated heterocycles. The molecule has 1 aliphatic rings. The van der Waals surface area contributed by atoms with E-state index in [2.05, 4.69) is 113 Å². The van der Waals surface area contributed by atoms with E-state index in [9.17, 15) is 2.74 Å². The predicted octanol–water partition coefficient (Wildman–Crippen LogP) is 12.6. The van der Waals surface area contributed by atoms with Crippen LogP contribution in [0.25, 0.3) is 38.6 Å². The van der Waals surface area contributed by atoms with Crippen molar-refractivity contribution in [2.24, 2.45) is 0 Å². The lowest BCUT2D eigenvalue weighted by atomic mass is 9.67. The van der Waals surface area contributed by atoms with Gasteiger partial charge in [0.25, 0.3) is 0 Å². The molecule has 0 amide bonds. The number of anilines is 3. The van der Waals surface area contributed by atoms with Gasteiger partial charge >= 0.3 is 0 Å². The molecule has 0 aliphatic heterocycles. The molecule has 2 nitrogen and oxygen atoms in total. The van der Waals surface area contributed by atoms with E-state index < -0.39 is 11.5 Å². The Morgan fingerprint density at radius 2 is 1.04 bits per heavy atom. The molecule has 10 rings (SSSR count). The third-order valence-electron chi connectivity index (χ3n) is 10.3. The van der Waals surface area contributed by atoms with Gasteiger partial charge in [0.05, 0.1) is 23.3 Å². The molecule has 0 radical (unpaired) electrons. The second-order valence-corrected chi connectivity index (χ2v) is 13.0. The Morgan fingerprint density at radius 1 is 0.431 bits per heavy atom. The number of rotatable bonds is 6. The Labute approximate surface area is 305 Å². The zero-order chi connectivity index (χ0) is 38.1. The van der Waals surface area contributed by atoms with Gasteiger partial charge in [0, 0.05) is 33.5 Å². The van der Waals surface area contributed by atoms with Crippen LogP contribution in [0, 0.1) is 0 Å². The molecule has 2 heteroatoms. The first-order chi connectivity index (χ1) is 27.4. The molecule has 0 bridgehead atoms. The highest BCUT2D eigenvalue weighted by atomic mass is 15.1. The van der Waals surface area contributed by atoms with Crippen LogP contribution in [0.3, 0.4) is 0 Å². The lowest BCUT2D eigenvalue weighted by Crippen LogP contribution is -2.28. The number of nitrogens with zero attached hydrogens (tertiary/aromatic N) is 2. The zero-order valence-corrected chi connectivity index (χ0v) is 27.6. The van der Waals surface area contributed by atoms with Crippen LogP contribution in [0.5, 0.6) is 0 Å². The van der Waals surface area contributed by atoms with Crippen molar-refractivity contribution in [1.82, 2.24) is 4.57 Å². The Hall–Kier alpha value is -6.64. The van der Waals surface area contributed by atoms with E-state index in [-0.39, 0.29) is 29.7 Å². The van der Waals surface area contributed by atoms with Crippen molar-refractivity contribution in [3.63, 3.8) is 0 Å². The third-order valence-corrected chi connectivity index (χ3v) is 10.3. The average Bonchev–Trinajstić information content (AvgIpc) is 3.74. The van der Waals surface area contributed by atoms with Crippen LogP contribution in [-0.4, -0.2) is 4.57 Å². The van der Waals surface area contributed by atoms with Crippen molar-refractivity contribution in [3.8, 4) is 16.8 Å². The Kier molecular flexibility index (Phi) is 5.64. The molecule has 9 aromatic rings. The third kappa shape index (κ3) is 4.43. The van der Waals surface area contributed by atoms with Crippen molar-refractivity contribution >= 4 is 38.9 Å². The van der Waals surface area contributed by atoms with Crippen LogP contribution < -0.4 is 4.90 Å². The summed E-state index contributed by atoms with van der Waals surface area (Å²) in [5, 5.41) is 2.17. The Balaban J connectivity index is 1.33. The van der Waals surface area contributed by atoms with E-state index in [0.717, 1.165) is 72.4 Å². The molecule has 1 unspecified atom stereocenters. The van der Waals surface area contributed by atoms with Crippen molar-refractivity contribution in [2.75, 3.05) is 4.90 Å². The molecule has 1 heterocycles. The fourth-order valence-electron chi connectivity index (χ4n) is 8.23. The van der Waals surface area contributed by atoms with Gasteiger partial charge in [0.15, 0.2) is 0 Å². The number of para-hydroxylation sites is 4. The van der Waals surface area contributed by atoms with E-state index in [1.54, 1.807) is 0 Å². The summed E-state index contributed by atoms with van der Waals surface area (Å²) in [5.41, 5.74) is 9.33. The van der Waals surface area contributed by atoms with Gasteiger partial charge in [-0.05, 0) is 94.0 Å².